The van der Waals surface area contributed by atoms with Crippen molar-refractivity contribution in [3.05, 3.63) is 71.3 Å². The molecule has 1 aliphatic rings. The molecule has 0 bridgehead atoms. The van der Waals surface area contributed by atoms with E-state index in [1.807, 2.05) is 42.3 Å². The molecule has 0 saturated heterocycles. The average molecular weight is 322 g/mol. The molecule has 1 N–H and O–H groups in total. The quantitative estimate of drug-likeness (QED) is 0.920. The lowest BCUT2D eigenvalue weighted by atomic mass is 10.1. The van der Waals surface area contributed by atoms with Crippen molar-refractivity contribution in [1.29, 1.82) is 0 Å². The molecule has 0 radical (unpaired) electrons. The maximum atomic E-state index is 12.4. The van der Waals surface area contributed by atoms with Gasteiger partial charge in [0.15, 0.2) is 0 Å². The molecule has 1 atom stereocenters. The Labute approximate surface area is 142 Å². The van der Waals surface area contributed by atoms with Crippen LogP contribution >= 0.6 is 0 Å². The summed E-state index contributed by atoms with van der Waals surface area (Å²) in [6.45, 7) is 0.352. The van der Waals surface area contributed by atoms with Gasteiger partial charge in [-0.2, -0.15) is 0 Å². The first-order chi connectivity index (χ1) is 11.7. The standard InChI is InChI=1S/C20H22N2O2/c1-22(18-12-11-15-7-5-6-10-17(15)18)19(23)13-14-21-20(24)16-8-3-2-4-9-16/h2-10,18H,11-14H2,1H3,(H,21,24)/t18-/m0/s1. The van der Waals surface area contributed by atoms with Gasteiger partial charge in [-0.25, -0.2) is 0 Å². The number of fused-ring (bicyclic) bond motifs is 1. The van der Waals surface area contributed by atoms with E-state index in [0.29, 0.717) is 18.5 Å². The van der Waals surface area contributed by atoms with Crippen molar-refractivity contribution in [2.75, 3.05) is 13.6 Å². The molecule has 4 nitrogen and oxygen atoms in total. The Balaban J connectivity index is 1.51. The molecule has 0 fully saturated rings. The zero-order valence-corrected chi connectivity index (χ0v) is 13.9. The van der Waals surface area contributed by atoms with Crippen LogP contribution in [0.5, 0.6) is 0 Å². The van der Waals surface area contributed by atoms with Crippen LogP contribution in [0.2, 0.25) is 0 Å². The largest absolute Gasteiger partial charge is 0.352 e. The number of benzene rings is 2. The van der Waals surface area contributed by atoms with Crippen LogP contribution < -0.4 is 5.32 Å². The molecule has 24 heavy (non-hydrogen) atoms. The van der Waals surface area contributed by atoms with Gasteiger partial charge in [-0.15, -0.1) is 0 Å². The van der Waals surface area contributed by atoms with Gasteiger partial charge in [-0.3, -0.25) is 9.59 Å². The number of nitrogens with one attached hydrogen (secondary N) is 1. The predicted molar refractivity (Wildman–Crippen MR) is 93.7 cm³/mol. The summed E-state index contributed by atoms with van der Waals surface area (Å²) in [6, 6.07) is 17.5. The molecule has 3 rings (SSSR count). The second-order valence-corrected chi connectivity index (χ2v) is 6.13. The second kappa shape index (κ2) is 7.30. The van der Waals surface area contributed by atoms with E-state index in [1.165, 1.54) is 11.1 Å². The van der Waals surface area contributed by atoms with Crippen molar-refractivity contribution >= 4 is 11.8 Å². The molecule has 0 aliphatic heterocycles. The van der Waals surface area contributed by atoms with Gasteiger partial charge in [-0.05, 0) is 36.1 Å². The minimum Gasteiger partial charge on any atom is -0.352 e. The Kier molecular flexibility index (Phi) is 4.94. The van der Waals surface area contributed by atoms with Crippen LogP contribution in [-0.2, 0) is 11.2 Å². The topological polar surface area (TPSA) is 49.4 Å². The Hall–Kier alpha value is -2.62. The molecule has 0 aromatic heterocycles. The van der Waals surface area contributed by atoms with Crippen molar-refractivity contribution in [3.63, 3.8) is 0 Å². The van der Waals surface area contributed by atoms with Gasteiger partial charge in [0.1, 0.15) is 0 Å². The third-order valence-electron chi connectivity index (χ3n) is 4.62. The maximum absolute atomic E-state index is 12.4. The lowest BCUT2D eigenvalue weighted by Gasteiger charge is -2.25. The Morgan fingerprint density at radius 1 is 1.08 bits per heavy atom. The summed E-state index contributed by atoms with van der Waals surface area (Å²) in [4.78, 5) is 26.2. The lowest BCUT2D eigenvalue weighted by Crippen LogP contribution is -2.34. The number of carbonyl (C=O) groups excluding carboxylic acids is 2. The summed E-state index contributed by atoms with van der Waals surface area (Å²) < 4.78 is 0. The number of hydrogen-bond acceptors (Lipinski definition) is 2. The fourth-order valence-electron chi connectivity index (χ4n) is 3.26. The Morgan fingerprint density at radius 2 is 1.79 bits per heavy atom. The van der Waals surface area contributed by atoms with Gasteiger partial charge in [0.2, 0.25) is 5.91 Å². The maximum Gasteiger partial charge on any atom is 0.251 e. The summed E-state index contributed by atoms with van der Waals surface area (Å²) in [5.74, 6) is -0.0812. The fraction of sp³-hybridized carbons (Fsp3) is 0.300. The summed E-state index contributed by atoms with van der Waals surface area (Å²) in [7, 11) is 1.86. The van der Waals surface area contributed by atoms with Gasteiger partial charge >= 0.3 is 0 Å². The molecule has 0 spiro atoms. The third-order valence-corrected chi connectivity index (χ3v) is 4.62. The van der Waals surface area contributed by atoms with Gasteiger partial charge < -0.3 is 10.2 Å². The highest BCUT2D eigenvalue weighted by atomic mass is 16.2. The first-order valence-electron chi connectivity index (χ1n) is 8.33. The molecule has 2 aromatic rings. The van der Waals surface area contributed by atoms with Gasteiger partial charge in [0.25, 0.3) is 5.91 Å². The molecule has 124 valence electrons. The number of rotatable bonds is 5. The van der Waals surface area contributed by atoms with E-state index in [9.17, 15) is 9.59 Å². The smallest absolute Gasteiger partial charge is 0.251 e. The lowest BCUT2D eigenvalue weighted by molar-refractivity contribution is -0.131. The van der Waals surface area contributed by atoms with E-state index >= 15 is 0 Å². The molecule has 1 aliphatic carbocycles. The Morgan fingerprint density at radius 3 is 2.58 bits per heavy atom. The number of amides is 2. The van der Waals surface area contributed by atoms with Crippen molar-refractivity contribution < 1.29 is 9.59 Å². The van der Waals surface area contributed by atoms with Crippen LogP contribution in [0.3, 0.4) is 0 Å². The Bertz CT molecular complexity index is 727. The van der Waals surface area contributed by atoms with Crippen LogP contribution in [0.1, 0.15) is 40.4 Å². The highest BCUT2D eigenvalue weighted by molar-refractivity contribution is 5.94. The minimum atomic E-state index is -0.141. The van der Waals surface area contributed by atoms with Gasteiger partial charge in [0, 0.05) is 25.6 Å². The molecule has 0 heterocycles. The van der Waals surface area contributed by atoms with Crippen LogP contribution in [0, 0.1) is 0 Å². The number of nitrogens with zero attached hydrogens (tertiary/aromatic N) is 1. The predicted octanol–water partition coefficient (Wildman–Crippen LogP) is 2.95. The molecule has 2 amide bonds. The van der Waals surface area contributed by atoms with Gasteiger partial charge in [-0.1, -0.05) is 42.5 Å². The number of aryl methyl sites for hydroxylation is 1. The van der Waals surface area contributed by atoms with Crippen LogP contribution in [0.4, 0.5) is 0 Å². The van der Waals surface area contributed by atoms with Crippen molar-refractivity contribution in [2.45, 2.75) is 25.3 Å². The monoisotopic (exact) mass is 322 g/mol. The van der Waals surface area contributed by atoms with E-state index < -0.39 is 0 Å². The van der Waals surface area contributed by atoms with E-state index in [2.05, 4.69) is 17.4 Å². The van der Waals surface area contributed by atoms with E-state index in [0.717, 1.165) is 12.8 Å². The van der Waals surface area contributed by atoms with E-state index in [-0.39, 0.29) is 17.9 Å². The summed E-state index contributed by atoms with van der Waals surface area (Å²) in [6.07, 6.45) is 2.30. The highest BCUT2D eigenvalue weighted by Crippen LogP contribution is 2.34. The third kappa shape index (κ3) is 3.48. The first kappa shape index (κ1) is 16.2. The van der Waals surface area contributed by atoms with Crippen molar-refractivity contribution in [3.8, 4) is 0 Å². The van der Waals surface area contributed by atoms with Crippen LogP contribution in [-0.4, -0.2) is 30.3 Å². The molecule has 0 unspecified atom stereocenters. The van der Waals surface area contributed by atoms with E-state index in [1.54, 1.807) is 12.1 Å². The minimum absolute atomic E-state index is 0.0602. The highest BCUT2D eigenvalue weighted by Gasteiger charge is 2.27. The normalized spacial score (nSPS) is 15.6. The average Bonchev–Trinajstić information content (AvgIpc) is 3.05. The molecule has 2 aromatic carbocycles. The zero-order valence-electron chi connectivity index (χ0n) is 13.9. The second-order valence-electron chi connectivity index (χ2n) is 6.13. The SMILES string of the molecule is CN(C(=O)CCNC(=O)c1ccccc1)[C@H]1CCc2ccccc21. The molecule has 4 heteroatoms. The number of hydrogen-bond donors (Lipinski definition) is 1. The van der Waals surface area contributed by atoms with Gasteiger partial charge in [0.05, 0.1) is 6.04 Å². The fourth-order valence-corrected chi connectivity index (χ4v) is 3.26. The van der Waals surface area contributed by atoms with Crippen molar-refractivity contribution in [1.82, 2.24) is 10.2 Å². The van der Waals surface area contributed by atoms with Crippen molar-refractivity contribution in [2.24, 2.45) is 0 Å². The first-order valence-corrected chi connectivity index (χ1v) is 8.33. The summed E-state index contributed by atoms with van der Waals surface area (Å²) in [5.41, 5.74) is 3.20. The van der Waals surface area contributed by atoms with Crippen LogP contribution in [0.15, 0.2) is 54.6 Å². The molecule has 0 saturated carbocycles. The molecular formula is C20H22N2O2. The zero-order chi connectivity index (χ0) is 16.9. The van der Waals surface area contributed by atoms with E-state index in [4.69, 9.17) is 0 Å². The summed E-state index contributed by atoms with van der Waals surface area (Å²) in [5, 5.41) is 2.81. The molecular weight excluding hydrogens is 300 g/mol. The van der Waals surface area contributed by atoms with Crippen LogP contribution in [0.25, 0.3) is 0 Å². The summed E-state index contributed by atoms with van der Waals surface area (Å²) >= 11 is 0. The number of carbonyl (C=O) groups is 2.